The number of aliphatic hydroxyl groups excluding tert-OH is 1. The summed E-state index contributed by atoms with van der Waals surface area (Å²) in [6, 6.07) is 10.4. The number of aliphatic hydroxyl groups is 1. The van der Waals surface area contributed by atoms with Gasteiger partial charge in [-0.05, 0) is 25.1 Å². The van der Waals surface area contributed by atoms with Gasteiger partial charge in [-0.3, -0.25) is 0 Å². The molecule has 0 atom stereocenters. The Kier molecular flexibility index (Phi) is 6.83. The molecule has 1 aromatic carbocycles. The Morgan fingerprint density at radius 2 is 1.67 bits per heavy atom. The zero-order chi connectivity index (χ0) is 10.8. The highest BCUT2D eigenvalue weighted by Crippen LogP contribution is 1.96. The van der Waals surface area contributed by atoms with Crippen LogP contribution in [0.25, 0.3) is 0 Å². The molecule has 0 saturated heterocycles. The third kappa shape index (κ3) is 6.23. The van der Waals surface area contributed by atoms with Crippen molar-refractivity contribution in [1.29, 1.82) is 0 Å². The first kappa shape index (κ1) is 12.2. The van der Waals surface area contributed by atoms with Crippen LogP contribution in [0.1, 0.15) is 12.0 Å². The van der Waals surface area contributed by atoms with E-state index < -0.39 is 0 Å². The van der Waals surface area contributed by atoms with Crippen LogP contribution in [-0.2, 0) is 6.54 Å². The van der Waals surface area contributed by atoms with E-state index in [0.29, 0.717) is 6.54 Å². The summed E-state index contributed by atoms with van der Waals surface area (Å²) in [5, 5.41) is 15.1. The van der Waals surface area contributed by atoms with Gasteiger partial charge >= 0.3 is 0 Å². The van der Waals surface area contributed by atoms with E-state index >= 15 is 0 Å². The van der Waals surface area contributed by atoms with E-state index in [0.717, 1.165) is 26.1 Å². The van der Waals surface area contributed by atoms with Crippen molar-refractivity contribution in [1.82, 2.24) is 10.6 Å². The van der Waals surface area contributed by atoms with Gasteiger partial charge in [-0.1, -0.05) is 30.3 Å². The number of hydrogen-bond acceptors (Lipinski definition) is 3. The highest BCUT2D eigenvalue weighted by Gasteiger charge is 1.90. The number of rotatable bonds is 8. The lowest BCUT2D eigenvalue weighted by molar-refractivity contribution is 0.292. The number of benzene rings is 1. The first-order valence-corrected chi connectivity index (χ1v) is 5.49. The van der Waals surface area contributed by atoms with Crippen molar-refractivity contribution in [2.75, 3.05) is 26.2 Å². The molecule has 1 rings (SSSR count). The summed E-state index contributed by atoms with van der Waals surface area (Å²) in [7, 11) is 0. The lowest BCUT2D eigenvalue weighted by Crippen LogP contribution is -2.23. The van der Waals surface area contributed by atoms with Gasteiger partial charge in [0, 0.05) is 13.1 Å². The third-order valence-electron chi connectivity index (χ3n) is 2.17. The molecule has 0 bridgehead atoms. The Hall–Kier alpha value is -0.900. The predicted octanol–water partition coefficient (Wildman–Crippen LogP) is 0.748. The van der Waals surface area contributed by atoms with Gasteiger partial charge in [-0.25, -0.2) is 0 Å². The van der Waals surface area contributed by atoms with E-state index in [1.54, 1.807) is 0 Å². The Balaban J connectivity index is 1.93. The van der Waals surface area contributed by atoms with Gasteiger partial charge in [0.1, 0.15) is 0 Å². The molecular weight excluding hydrogens is 188 g/mol. The highest BCUT2D eigenvalue weighted by molar-refractivity contribution is 5.14. The summed E-state index contributed by atoms with van der Waals surface area (Å²) in [6.45, 7) is 3.81. The average Bonchev–Trinajstić information content (AvgIpc) is 2.29. The maximum atomic E-state index is 8.54. The maximum Gasteiger partial charge on any atom is 0.0555 e. The molecule has 0 spiro atoms. The van der Waals surface area contributed by atoms with Crippen LogP contribution in [0, 0.1) is 0 Å². The first-order chi connectivity index (χ1) is 7.43. The summed E-state index contributed by atoms with van der Waals surface area (Å²) in [5.41, 5.74) is 1.32. The van der Waals surface area contributed by atoms with Gasteiger partial charge in [0.05, 0.1) is 6.61 Å². The first-order valence-electron chi connectivity index (χ1n) is 5.49. The van der Waals surface area contributed by atoms with Gasteiger partial charge in [0.15, 0.2) is 0 Å². The summed E-state index contributed by atoms with van der Waals surface area (Å²) < 4.78 is 0. The lowest BCUT2D eigenvalue weighted by Gasteiger charge is -2.05. The Morgan fingerprint density at radius 3 is 2.40 bits per heavy atom. The molecule has 0 unspecified atom stereocenters. The van der Waals surface area contributed by atoms with Crippen molar-refractivity contribution < 1.29 is 5.11 Å². The minimum atomic E-state index is 0.220. The van der Waals surface area contributed by atoms with Crippen molar-refractivity contribution in [3.63, 3.8) is 0 Å². The van der Waals surface area contributed by atoms with E-state index in [1.165, 1.54) is 5.56 Å². The molecule has 0 aliphatic rings. The van der Waals surface area contributed by atoms with Crippen LogP contribution < -0.4 is 10.6 Å². The van der Waals surface area contributed by atoms with Crippen LogP contribution >= 0.6 is 0 Å². The second-order valence-corrected chi connectivity index (χ2v) is 3.49. The van der Waals surface area contributed by atoms with Crippen molar-refractivity contribution in [3.05, 3.63) is 35.9 Å². The van der Waals surface area contributed by atoms with Crippen LogP contribution in [0.5, 0.6) is 0 Å². The van der Waals surface area contributed by atoms with Crippen LogP contribution in [-0.4, -0.2) is 31.3 Å². The van der Waals surface area contributed by atoms with Crippen molar-refractivity contribution in [2.45, 2.75) is 13.0 Å². The molecule has 0 amide bonds. The second-order valence-electron chi connectivity index (χ2n) is 3.49. The second kappa shape index (κ2) is 8.41. The molecule has 0 heterocycles. The molecule has 84 valence electrons. The SMILES string of the molecule is OCCNCCCNCc1ccccc1. The van der Waals surface area contributed by atoms with E-state index in [1.807, 2.05) is 6.07 Å². The van der Waals surface area contributed by atoms with Crippen molar-refractivity contribution in [3.8, 4) is 0 Å². The van der Waals surface area contributed by atoms with E-state index in [-0.39, 0.29) is 6.61 Å². The monoisotopic (exact) mass is 208 g/mol. The lowest BCUT2D eigenvalue weighted by atomic mass is 10.2. The van der Waals surface area contributed by atoms with Gasteiger partial charge in [-0.15, -0.1) is 0 Å². The minimum Gasteiger partial charge on any atom is -0.395 e. The fourth-order valence-electron chi connectivity index (χ4n) is 1.37. The Bertz CT molecular complexity index is 239. The number of nitrogens with one attached hydrogen (secondary N) is 2. The Morgan fingerprint density at radius 1 is 0.933 bits per heavy atom. The molecule has 15 heavy (non-hydrogen) atoms. The van der Waals surface area contributed by atoms with E-state index in [4.69, 9.17) is 5.11 Å². The minimum absolute atomic E-state index is 0.220. The van der Waals surface area contributed by atoms with Gasteiger partial charge < -0.3 is 15.7 Å². The normalized spacial score (nSPS) is 10.5. The highest BCUT2D eigenvalue weighted by atomic mass is 16.3. The van der Waals surface area contributed by atoms with Crippen LogP contribution in [0.15, 0.2) is 30.3 Å². The molecule has 0 aliphatic carbocycles. The van der Waals surface area contributed by atoms with Gasteiger partial charge in [0.25, 0.3) is 0 Å². The quantitative estimate of drug-likeness (QED) is 0.552. The summed E-state index contributed by atoms with van der Waals surface area (Å²) in [5.74, 6) is 0. The third-order valence-corrected chi connectivity index (χ3v) is 2.17. The van der Waals surface area contributed by atoms with Crippen LogP contribution in [0.3, 0.4) is 0 Å². The molecule has 0 aliphatic heterocycles. The molecule has 0 fully saturated rings. The van der Waals surface area contributed by atoms with E-state index in [2.05, 4.69) is 34.9 Å². The largest absolute Gasteiger partial charge is 0.395 e. The summed E-state index contributed by atoms with van der Waals surface area (Å²) in [6.07, 6.45) is 1.09. The summed E-state index contributed by atoms with van der Waals surface area (Å²) >= 11 is 0. The van der Waals surface area contributed by atoms with Gasteiger partial charge in [-0.2, -0.15) is 0 Å². The molecule has 3 N–H and O–H groups in total. The van der Waals surface area contributed by atoms with E-state index in [9.17, 15) is 0 Å². The average molecular weight is 208 g/mol. The van der Waals surface area contributed by atoms with Crippen LogP contribution in [0.4, 0.5) is 0 Å². The smallest absolute Gasteiger partial charge is 0.0555 e. The fourth-order valence-corrected chi connectivity index (χ4v) is 1.37. The van der Waals surface area contributed by atoms with Crippen LogP contribution in [0.2, 0.25) is 0 Å². The topological polar surface area (TPSA) is 44.3 Å². The van der Waals surface area contributed by atoms with Crippen molar-refractivity contribution >= 4 is 0 Å². The molecule has 0 radical (unpaired) electrons. The molecule has 3 nitrogen and oxygen atoms in total. The molecule has 3 heteroatoms. The van der Waals surface area contributed by atoms with Gasteiger partial charge in [0.2, 0.25) is 0 Å². The molecular formula is C12H20N2O. The number of hydrogen-bond donors (Lipinski definition) is 3. The molecule has 0 saturated carbocycles. The summed E-state index contributed by atoms with van der Waals surface area (Å²) in [4.78, 5) is 0. The standard InChI is InChI=1S/C12H20N2O/c15-10-9-13-7-4-8-14-11-12-5-2-1-3-6-12/h1-3,5-6,13-15H,4,7-11H2. The Labute approximate surface area is 91.5 Å². The predicted molar refractivity (Wildman–Crippen MR) is 62.7 cm³/mol. The maximum absolute atomic E-state index is 8.54. The molecule has 0 aromatic heterocycles. The zero-order valence-electron chi connectivity index (χ0n) is 9.08. The zero-order valence-corrected chi connectivity index (χ0v) is 9.08. The molecule has 1 aromatic rings. The van der Waals surface area contributed by atoms with Crippen molar-refractivity contribution in [2.24, 2.45) is 0 Å². The fraction of sp³-hybridized carbons (Fsp3) is 0.500.